The average molecular weight is 262 g/mol. The molecule has 0 aromatic heterocycles. The molecule has 0 saturated carbocycles. The van der Waals surface area contributed by atoms with E-state index in [0.717, 1.165) is 11.3 Å². The molecule has 1 aliphatic carbocycles. The Bertz CT molecular complexity index is 471. The maximum absolute atomic E-state index is 12.3. The second-order valence-corrected chi connectivity index (χ2v) is 7.22. The minimum absolute atomic E-state index is 0.286. The number of rotatable bonds is 3. The Morgan fingerprint density at radius 1 is 1.22 bits per heavy atom. The van der Waals surface area contributed by atoms with Crippen LogP contribution < -0.4 is 0 Å². The first-order valence-corrected chi connectivity index (χ1v) is 7.95. The summed E-state index contributed by atoms with van der Waals surface area (Å²) in [6.07, 6.45) is 3.60. The van der Waals surface area contributed by atoms with Gasteiger partial charge < -0.3 is 0 Å². The second kappa shape index (κ2) is 5.40. The largest absolute Gasteiger partial charge is 0.254 e. The third-order valence-corrected chi connectivity index (χ3v) is 5.55. The van der Waals surface area contributed by atoms with E-state index < -0.39 is 10.8 Å². The fraction of sp³-hybridized carbons (Fsp3) is 0.500. The summed E-state index contributed by atoms with van der Waals surface area (Å²) in [7, 11) is -0.893. The summed E-state index contributed by atoms with van der Waals surface area (Å²) in [5, 5.41) is 0. The van der Waals surface area contributed by atoms with Gasteiger partial charge >= 0.3 is 0 Å². The minimum atomic E-state index is -0.893. The Morgan fingerprint density at radius 3 is 2.56 bits per heavy atom. The van der Waals surface area contributed by atoms with E-state index in [1.807, 2.05) is 30.3 Å². The van der Waals surface area contributed by atoms with E-state index >= 15 is 0 Å². The van der Waals surface area contributed by atoms with Crippen molar-refractivity contribution in [1.29, 1.82) is 0 Å². The monoisotopic (exact) mass is 262 g/mol. The summed E-state index contributed by atoms with van der Waals surface area (Å²) in [6, 6.07) is 9.80. The van der Waals surface area contributed by atoms with Gasteiger partial charge in [-0.25, -0.2) is 0 Å². The van der Waals surface area contributed by atoms with E-state index in [1.165, 1.54) is 24.0 Å². The van der Waals surface area contributed by atoms with E-state index in [2.05, 4.69) is 20.8 Å². The van der Waals surface area contributed by atoms with Crippen LogP contribution in [0, 0.1) is 5.41 Å². The quantitative estimate of drug-likeness (QED) is 0.741. The third kappa shape index (κ3) is 2.92. The zero-order valence-electron chi connectivity index (χ0n) is 11.5. The zero-order valence-corrected chi connectivity index (χ0v) is 12.3. The van der Waals surface area contributed by atoms with Crippen molar-refractivity contribution >= 4 is 10.8 Å². The number of allylic oxidation sites excluding steroid dienone is 1. The molecule has 0 spiro atoms. The molecule has 1 nitrogen and oxygen atoms in total. The van der Waals surface area contributed by atoms with Crippen molar-refractivity contribution in [1.82, 2.24) is 0 Å². The van der Waals surface area contributed by atoms with Crippen molar-refractivity contribution in [2.45, 2.75) is 44.9 Å². The molecule has 1 aliphatic rings. The van der Waals surface area contributed by atoms with Gasteiger partial charge in [-0.15, -0.1) is 0 Å². The second-order valence-electron chi connectivity index (χ2n) is 5.77. The summed E-state index contributed by atoms with van der Waals surface area (Å²) < 4.78 is 12.3. The first-order valence-electron chi connectivity index (χ1n) is 6.63. The summed E-state index contributed by atoms with van der Waals surface area (Å²) in [5.74, 6) is 0.708. The average Bonchev–Trinajstić information content (AvgIpc) is 2.36. The van der Waals surface area contributed by atoms with Crippen LogP contribution in [0.2, 0.25) is 0 Å². The predicted octanol–water partition coefficient (Wildman–Crippen LogP) is 4.32. The molecule has 0 fully saturated rings. The molecule has 1 aromatic rings. The van der Waals surface area contributed by atoms with Gasteiger partial charge in [-0.1, -0.05) is 43.2 Å². The maximum Gasteiger partial charge on any atom is 0.0570 e. The highest BCUT2D eigenvalue weighted by molar-refractivity contribution is 7.85. The van der Waals surface area contributed by atoms with Crippen LogP contribution in [0.25, 0.3) is 0 Å². The van der Waals surface area contributed by atoms with Gasteiger partial charge in [-0.2, -0.15) is 0 Å². The number of benzene rings is 1. The highest BCUT2D eigenvalue weighted by atomic mass is 32.2. The molecular formula is C16H22OS. The van der Waals surface area contributed by atoms with Crippen molar-refractivity contribution in [3.8, 4) is 0 Å². The van der Waals surface area contributed by atoms with Crippen LogP contribution in [0.3, 0.4) is 0 Å². The normalized spacial score (nSPS) is 20.8. The van der Waals surface area contributed by atoms with Crippen LogP contribution >= 0.6 is 0 Å². The first kappa shape index (κ1) is 13.5. The van der Waals surface area contributed by atoms with Crippen LogP contribution in [-0.4, -0.2) is 9.96 Å². The summed E-state index contributed by atoms with van der Waals surface area (Å²) in [5.41, 5.74) is 3.15. The molecule has 0 heterocycles. The third-order valence-electron chi connectivity index (χ3n) is 4.14. The Morgan fingerprint density at radius 2 is 1.89 bits per heavy atom. The molecule has 0 radical (unpaired) electrons. The van der Waals surface area contributed by atoms with E-state index in [9.17, 15) is 4.21 Å². The Balaban J connectivity index is 2.17. The van der Waals surface area contributed by atoms with Crippen LogP contribution in [0.5, 0.6) is 0 Å². The molecule has 0 N–H and O–H groups in total. The van der Waals surface area contributed by atoms with Gasteiger partial charge in [-0.3, -0.25) is 4.21 Å². The fourth-order valence-electron chi connectivity index (χ4n) is 2.59. The smallest absolute Gasteiger partial charge is 0.0570 e. The van der Waals surface area contributed by atoms with Gasteiger partial charge in [0.25, 0.3) is 0 Å². The lowest BCUT2D eigenvalue weighted by atomic mass is 9.74. The highest BCUT2D eigenvalue weighted by Crippen LogP contribution is 2.40. The first-order chi connectivity index (χ1) is 8.50. The summed E-state index contributed by atoms with van der Waals surface area (Å²) in [4.78, 5) is 0.946. The van der Waals surface area contributed by atoms with Gasteiger partial charge in [0.2, 0.25) is 0 Å². The van der Waals surface area contributed by atoms with Gasteiger partial charge in [0, 0.05) is 10.6 Å². The van der Waals surface area contributed by atoms with Gasteiger partial charge in [0.05, 0.1) is 10.8 Å². The van der Waals surface area contributed by atoms with Crippen LogP contribution in [0.4, 0.5) is 0 Å². The van der Waals surface area contributed by atoms with E-state index in [0.29, 0.717) is 5.75 Å². The number of hydrogen-bond donors (Lipinski definition) is 0. The fourth-order valence-corrected chi connectivity index (χ4v) is 3.90. The SMILES string of the molecule is CC1=C(CS(=O)c2ccccc2)CCCC1(C)C. The maximum atomic E-state index is 12.3. The molecule has 0 bridgehead atoms. The van der Waals surface area contributed by atoms with E-state index in [1.54, 1.807) is 0 Å². The highest BCUT2D eigenvalue weighted by Gasteiger charge is 2.27. The molecule has 0 aliphatic heterocycles. The van der Waals surface area contributed by atoms with Gasteiger partial charge in [-0.05, 0) is 43.7 Å². The molecule has 1 aromatic carbocycles. The topological polar surface area (TPSA) is 17.1 Å². The van der Waals surface area contributed by atoms with Crippen LogP contribution in [-0.2, 0) is 10.8 Å². The van der Waals surface area contributed by atoms with Crippen molar-refractivity contribution in [2.75, 3.05) is 5.75 Å². The standard InChI is InChI=1S/C16H22OS/c1-13-14(8-7-11-16(13,2)3)12-18(17)15-9-5-4-6-10-15/h4-6,9-10H,7-8,11-12H2,1-3H3. The zero-order chi connectivity index (χ0) is 13.2. The molecule has 98 valence electrons. The lowest BCUT2D eigenvalue weighted by Gasteiger charge is -2.33. The lowest BCUT2D eigenvalue weighted by Crippen LogP contribution is -2.21. The van der Waals surface area contributed by atoms with E-state index in [4.69, 9.17) is 0 Å². The molecule has 1 atom stereocenters. The Labute approximate surface area is 113 Å². The lowest BCUT2D eigenvalue weighted by molar-refractivity contribution is 0.367. The van der Waals surface area contributed by atoms with Crippen molar-refractivity contribution in [2.24, 2.45) is 5.41 Å². The Hall–Kier alpha value is -0.890. The predicted molar refractivity (Wildman–Crippen MR) is 78.0 cm³/mol. The van der Waals surface area contributed by atoms with E-state index in [-0.39, 0.29) is 5.41 Å². The molecule has 1 unspecified atom stereocenters. The van der Waals surface area contributed by atoms with Gasteiger partial charge in [0.15, 0.2) is 0 Å². The summed E-state index contributed by atoms with van der Waals surface area (Å²) >= 11 is 0. The van der Waals surface area contributed by atoms with Crippen LogP contribution in [0.1, 0.15) is 40.0 Å². The molecule has 2 rings (SSSR count). The van der Waals surface area contributed by atoms with Gasteiger partial charge in [0.1, 0.15) is 0 Å². The van der Waals surface area contributed by atoms with Crippen LogP contribution in [0.15, 0.2) is 46.4 Å². The minimum Gasteiger partial charge on any atom is -0.254 e. The van der Waals surface area contributed by atoms with Crippen molar-refractivity contribution in [3.63, 3.8) is 0 Å². The molecule has 18 heavy (non-hydrogen) atoms. The van der Waals surface area contributed by atoms with Crippen molar-refractivity contribution in [3.05, 3.63) is 41.5 Å². The Kier molecular flexibility index (Phi) is 4.06. The number of hydrogen-bond acceptors (Lipinski definition) is 1. The molecule has 0 amide bonds. The molecular weight excluding hydrogens is 240 g/mol. The molecule has 2 heteroatoms. The molecule has 0 saturated heterocycles. The summed E-state index contributed by atoms with van der Waals surface area (Å²) in [6.45, 7) is 6.82. The van der Waals surface area contributed by atoms with Crippen molar-refractivity contribution < 1.29 is 4.21 Å².